The van der Waals surface area contributed by atoms with E-state index in [0.717, 1.165) is 0 Å². The van der Waals surface area contributed by atoms with Crippen molar-refractivity contribution >= 4 is 11.6 Å². The zero-order chi connectivity index (χ0) is 14.9. The molecule has 1 unspecified atom stereocenters. The summed E-state index contributed by atoms with van der Waals surface area (Å²) >= 11 is 0. The van der Waals surface area contributed by atoms with Gasteiger partial charge < -0.3 is 14.2 Å². The number of imidazole rings is 1. The van der Waals surface area contributed by atoms with E-state index in [0.29, 0.717) is 11.3 Å². The molecule has 0 bridgehead atoms. The lowest BCUT2D eigenvalue weighted by Crippen LogP contribution is -2.14. The predicted molar refractivity (Wildman–Crippen MR) is 68.1 cm³/mol. The molecular weight excluding hydrogens is 266 g/mol. The van der Waals surface area contributed by atoms with Gasteiger partial charge in [-0.15, -0.1) is 0 Å². The number of fused-ring (bicyclic) bond motifs is 1. The van der Waals surface area contributed by atoms with E-state index in [1.165, 1.54) is 19.4 Å². The van der Waals surface area contributed by atoms with E-state index >= 15 is 0 Å². The first kappa shape index (κ1) is 13.9. The van der Waals surface area contributed by atoms with Gasteiger partial charge in [-0.05, 0) is 13.0 Å². The summed E-state index contributed by atoms with van der Waals surface area (Å²) in [5, 5.41) is 20.5. The number of pyridine rings is 1. The first-order valence-corrected chi connectivity index (χ1v) is 5.79. The quantitative estimate of drug-likeness (QED) is 0.502. The van der Waals surface area contributed by atoms with Crippen LogP contribution in [0, 0.1) is 17.0 Å². The Morgan fingerprint density at radius 2 is 2.30 bits per heavy atom. The normalized spacial score (nSPS) is 12.3. The summed E-state index contributed by atoms with van der Waals surface area (Å²) in [7, 11) is 1.23. The number of nitrogens with zero attached hydrogens (tertiary/aromatic N) is 3. The largest absolute Gasteiger partial charge is 0.465 e. The van der Waals surface area contributed by atoms with E-state index in [1.54, 1.807) is 17.5 Å². The van der Waals surface area contributed by atoms with E-state index in [1.807, 2.05) is 0 Å². The molecule has 1 atom stereocenters. The predicted octanol–water partition coefficient (Wildman–Crippen LogP) is 0.739. The van der Waals surface area contributed by atoms with Crippen LogP contribution in [0.3, 0.4) is 0 Å². The highest BCUT2D eigenvalue weighted by molar-refractivity contribution is 5.89. The molecular formula is C12H13N3O5. The molecule has 1 N–H and O–H groups in total. The number of hydrogen-bond donors (Lipinski definition) is 1. The summed E-state index contributed by atoms with van der Waals surface area (Å²) in [5.74, 6) is -0.590. The number of carbonyl (C=O) groups excluding carboxylic acids is 1. The van der Waals surface area contributed by atoms with Crippen molar-refractivity contribution in [1.82, 2.24) is 9.38 Å². The molecule has 0 saturated heterocycles. The molecule has 0 fully saturated rings. The van der Waals surface area contributed by atoms with Crippen LogP contribution in [0.2, 0.25) is 0 Å². The molecule has 0 saturated carbocycles. The molecule has 0 aliphatic heterocycles. The van der Waals surface area contributed by atoms with E-state index in [9.17, 15) is 20.0 Å². The number of nitro groups is 1. The summed E-state index contributed by atoms with van der Waals surface area (Å²) in [6, 6.07) is 1.36. The lowest BCUT2D eigenvalue weighted by Gasteiger charge is -2.10. The van der Waals surface area contributed by atoms with E-state index in [4.69, 9.17) is 0 Å². The highest BCUT2D eigenvalue weighted by Crippen LogP contribution is 2.21. The third kappa shape index (κ3) is 2.59. The lowest BCUT2D eigenvalue weighted by atomic mass is 10.1. The molecule has 2 aromatic rings. The van der Waals surface area contributed by atoms with Crippen molar-refractivity contribution in [2.24, 2.45) is 0 Å². The monoisotopic (exact) mass is 279 g/mol. The van der Waals surface area contributed by atoms with Crippen LogP contribution in [0.5, 0.6) is 0 Å². The molecule has 8 heteroatoms. The fourth-order valence-corrected chi connectivity index (χ4v) is 1.96. The maximum atomic E-state index is 11.6. The third-order valence-electron chi connectivity index (χ3n) is 2.80. The number of methoxy groups -OCH3 is 1. The number of carbonyl (C=O) groups is 1. The SMILES string of the molecule is COC(=O)c1cc(C(O)C[N+](=O)[O-])c2nc(C)cn2c1. The van der Waals surface area contributed by atoms with Gasteiger partial charge in [-0.3, -0.25) is 10.1 Å². The number of ether oxygens (including phenoxy) is 1. The minimum Gasteiger partial charge on any atom is -0.465 e. The van der Waals surface area contributed by atoms with Gasteiger partial charge in [0.15, 0.2) is 0 Å². The molecule has 20 heavy (non-hydrogen) atoms. The van der Waals surface area contributed by atoms with Crippen molar-refractivity contribution < 1.29 is 19.6 Å². The fourth-order valence-electron chi connectivity index (χ4n) is 1.96. The second-order valence-electron chi connectivity index (χ2n) is 4.32. The summed E-state index contributed by atoms with van der Waals surface area (Å²) in [6.07, 6.45) is 1.81. The Balaban J connectivity index is 2.59. The van der Waals surface area contributed by atoms with Gasteiger partial charge in [0.05, 0.1) is 18.4 Å². The second kappa shape index (κ2) is 5.25. The molecule has 2 rings (SSSR count). The summed E-state index contributed by atoms with van der Waals surface area (Å²) in [5.41, 5.74) is 1.46. The van der Waals surface area contributed by atoms with Gasteiger partial charge in [-0.2, -0.15) is 0 Å². The molecule has 0 radical (unpaired) electrons. The molecule has 0 aliphatic carbocycles. The number of rotatable bonds is 4. The van der Waals surface area contributed by atoms with Crippen LogP contribution in [0.15, 0.2) is 18.5 Å². The van der Waals surface area contributed by atoms with Crippen LogP contribution in [-0.4, -0.2) is 39.0 Å². The number of aryl methyl sites for hydroxylation is 1. The summed E-state index contributed by atoms with van der Waals surface area (Å²) < 4.78 is 6.16. The van der Waals surface area contributed by atoms with E-state index < -0.39 is 23.5 Å². The Bertz CT molecular complexity index is 679. The van der Waals surface area contributed by atoms with Crippen molar-refractivity contribution in [3.8, 4) is 0 Å². The highest BCUT2D eigenvalue weighted by atomic mass is 16.6. The van der Waals surface area contributed by atoms with Gasteiger partial charge in [0, 0.05) is 22.9 Å². The van der Waals surface area contributed by atoms with Crippen molar-refractivity contribution in [3.05, 3.63) is 45.4 Å². The highest BCUT2D eigenvalue weighted by Gasteiger charge is 2.21. The minimum atomic E-state index is -1.35. The van der Waals surface area contributed by atoms with Crippen LogP contribution in [0.25, 0.3) is 5.65 Å². The van der Waals surface area contributed by atoms with Crippen LogP contribution >= 0.6 is 0 Å². The minimum absolute atomic E-state index is 0.190. The first-order valence-electron chi connectivity index (χ1n) is 5.79. The summed E-state index contributed by atoms with van der Waals surface area (Å²) in [6.45, 7) is 1.08. The average Bonchev–Trinajstić information content (AvgIpc) is 2.75. The van der Waals surface area contributed by atoms with Gasteiger partial charge in [-0.25, -0.2) is 9.78 Å². The van der Waals surface area contributed by atoms with E-state index in [-0.39, 0.29) is 11.1 Å². The standard InChI is InChI=1S/C12H13N3O5/c1-7-4-14-5-8(12(17)20-2)3-9(11(14)13-7)10(16)6-15(18)19/h3-5,10,16H,6H2,1-2H3. The number of hydrogen-bond acceptors (Lipinski definition) is 6. The van der Waals surface area contributed by atoms with Gasteiger partial charge in [-0.1, -0.05) is 0 Å². The van der Waals surface area contributed by atoms with Gasteiger partial charge in [0.2, 0.25) is 6.54 Å². The number of aliphatic hydroxyl groups excluding tert-OH is 1. The Morgan fingerprint density at radius 1 is 1.60 bits per heavy atom. The zero-order valence-electron chi connectivity index (χ0n) is 10.9. The van der Waals surface area contributed by atoms with Crippen LogP contribution < -0.4 is 0 Å². The van der Waals surface area contributed by atoms with Crippen molar-refractivity contribution in [2.75, 3.05) is 13.7 Å². The van der Waals surface area contributed by atoms with E-state index in [2.05, 4.69) is 9.72 Å². The van der Waals surface area contributed by atoms with Crippen molar-refractivity contribution in [2.45, 2.75) is 13.0 Å². The molecule has 106 valence electrons. The van der Waals surface area contributed by atoms with Gasteiger partial charge >= 0.3 is 5.97 Å². The average molecular weight is 279 g/mol. The van der Waals surface area contributed by atoms with Crippen LogP contribution in [0.4, 0.5) is 0 Å². The Labute approximate surface area is 113 Å². The van der Waals surface area contributed by atoms with Crippen LogP contribution in [-0.2, 0) is 4.74 Å². The second-order valence-corrected chi connectivity index (χ2v) is 4.32. The molecule has 8 nitrogen and oxygen atoms in total. The lowest BCUT2D eigenvalue weighted by molar-refractivity contribution is -0.491. The molecule has 0 spiro atoms. The number of esters is 1. The fraction of sp³-hybridized carbons (Fsp3) is 0.333. The van der Waals surface area contributed by atoms with Crippen molar-refractivity contribution in [1.29, 1.82) is 0 Å². The third-order valence-corrected chi connectivity index (χ3v) is 2.80. The smallest absolute Gasteiger partial charge is 0.339 e. The zero-order valence-corrected chi connectivity index (χ0v) is 10.9. The Hall–Kier alpha value is -2.48. The molecule has 0 amide bonds. The van der Waals surface area contributed by atoms with Gasteiger partial charge in [0.1, 0.15) is 11.8 Å². The number of aliphatic hydroxyl groups is 1. The Morgan fingerprint density at radius 3 is 2.90 bits per heavy atom. The molecule has 2 aromatic heterocycles. The first-order chi connectivity index (χ1) is 9.42. The maximum absolute atomic E-state index is 11.6. The Kier molecular flexibility index (Phi) is 3.66. The van der Waals surface area contributed by atoms with Crippen molar-refractivity contribution in [3.63, 3.8) is 0 Å². The molecule has 0 aromatic carbocycles. The molecule has 0 aliphatic rings. The van der Waals surface area contributed by atoms with Gasteiger partial charge in [0.25, 0.3) is 0 Å². The number of aromatic nitrogens is 2. The summed E-state index contributed by atoms with van der Waals surface area (Å²) in [4.78, 5) is 25.7. The maximum Gasteiger partial charge on any atom is 0.339 e. The van der Waals surface area contributed by atoms with Crippen LogP contribution in [0.1, 0.15) is 27.7 Å². The molecule has 2 heterocycles. The topological polar surface area (TPSA) is 107 Å².